The molecule has 10 nitrogen and oxygen atoms in total. The van der Waals surface area contributed by atoms with Crippen LogP contribution in [0.2, 0.25) is 0 Å². The minimum absolute atomic E-state index is 0.0790. The minimum atomic E-state index is -0.663. The molecule has 0 radical (unpaired) electrons. The first kappa shape index (κ1) is 23.3. The van der Waals surface area contributed by atoms with Gasteiger partial charge >= 0.3 is 11.9 Å². The smallest absolute Gasteiger partial charge is 0.348 e. The highest BCUT2D eigenvalue weighted by Gasteiger charge is 2.27. The number of carbonyl (C=O) groups is 3. The summed E-state index contributed by atoms with van der Waals surface area (Å²) >= 11 is 6.34. The Bertz CT molecular complexity index is 982. The second-order valence-corrected chi connectivity index (χ2v) is 7.30. The topological polar surface area (TPSA) is 138 Å². The molecule has 0 aromatic carbocycles. The van der Waals surface area contributed by atoms with Gasteiger partial charge in [-0.1, -0.05) is 0 Å². The van der Waals surface area contributed by atoms with Crippen LogP contribution in [0.1, 0.15) is 56.9 Å². The lowest BCUT2D eigenvalue weighted by Gasteiger charge is -2.11. The normalized spacial score (nSPS) is 10.4. The van der Waals surface area contributed by atoms with Gasteiger partial charge in [-0.3, -0.25) is 9.48 Å². The van der Waals surface area contributed by atoms with E-state index in [9.17, 15) is 14.4 Å². The van der Waals surface area contributed by atoms with E-state index in [1.54, 1.807) is 20.8 Å². The van der Waals surface area contributed by atoms with Crippen molar-refractivity contribution in [2.45, 2.75) is 34.2 Å². The molecule has 0 bridgehead atoms. The molecule has 0 saturated heterocycles. The molecule has 2 aromatic heterocycles. The van der Waals surface area contributed by atoms with E-state index in [1.807, 2.05) is 6.92 Å². The van der Waals surface area contributed by atoms with E-state index in [0.29, 0.717) is 22.8 Å². The van der Waals surface area contributed by atoms with Gasteiger partial charge in [0, 0.05) is 6.54 Å². The van der Waals surface area contributed by atoms with Crippen LogP contribution in [0.25, 0.3) is 0 Å². The molecule has 0 aliphatic carbocycles. The molecule has 4 N–H and O–H groups in total. The van der Waals surface area contributed by atoms with Gasteiger partial charge in [-0.15, -0.1) is 11.3 Å². The van der Waals surface area contributed by atoms with Gasteiger partial charge in [0.25, 0.3) is 5.91 Å². The van der Waals surface area contributed by atoms with E-state index in [1.165, 1.54) is 10.9 Å². The maximum absolute atomic E-state index is 12.5. The second-order valence-electron chi connectivity index (χ2n) is 5.87. The third kappa shape index (κ3) is 4.94. The van der Waals surface area contributed by atoms with Gasteiger partial charge in [0.1, 0.15) is 15.6 Å². The molecule has 2 aromatic rings. The van der Waals surface area contributed by atoms with Crippen LogP contribution in [0, 0.1) is 6.92 Å². The number of ether oxygens (including phenoxy) is 2. The standard InChI is InChI=1S/C18H23N5O5S2/c1-5-23-12(14(19)24)10(8-20-23)21-18(29)22-15-11(16(25)27-6-2)9(4)13(30-15)17(26)28-7-3/h8H,5-7H2,1-4H3,(H2,19,24)(H2,21,22,29). The highest BCUT2D eigenvalue weighted by molar-refractivity contribution is 7.80. The second kappa shape index (κ2) is 10.2. The Kier molecular flexibility index (Phi) is 7.89. The predicted molar refractivity (Wildman–Crippen MR) is 117 cm³/mol. The van der Waals surface area contributed by atoms with Gasteiger partial charge in [-0.25, -0.2) is 9.59 Å². The lowest BCUT2D eigenvalue weighted by atomic mass is 10.1. The molecular weight excluding hydrogens is 430 g/mol. The number of esters is 2. The van der Waals surface area contributed by atoms with Crippen molar-refractivity contribution < 1.29 is 23.9 Å². The summed E-state index contributed by atoms with van der Waals surface area (Å²) in [5, 5.41) is 10.2. The molecule has 2 rings (SSSR count). The molecule has 12 heteroatoms. The molecule has 0 atom stereocenters. The number of carbonyl (C=O) groups excluding carboxylic acids is 3. The fraction of sp³-hybridized carbons (Fsp3) is 0.389. The van der Waals surface area contributed by atoms with Crippen LogP contribution in [0.5, 0.6) is 0 Å². The predicted octanol–water partition coefficient (Wildman–Crippen LogP) is 2.53. The molecule has 0 unspecified atom stereocenters. The summed E-state index contributed by atoms with van der Waals surface area (Å²) in [6.45, 7) is 7.64. The number of anilines is 2. The Morgan fingerprint density at radius 3 is 2.37 bits per heavy atom. The van der Waals surface area contributed by atoms with Gasteiger partial charge in [0.05, 0.1) is 30.7 Å². The van der Waals surface area contributed by atoms with Crippen LogP contribution in [-0.2, 0) is 16.0 Å². The maximum Gasteiger partial charge on any atom is 0.348 e. The fourth-order valence-electron chi connectivity index (χ4n) is 2.68. The average Bonchev–Trinajstić information content (AvgIpc) is 3.22. The van der Waals surface area contributed by atoms with Crippen molar-refractivity contribution in [1.82, 2.24) is 9.78 Å². The van der Waals surface area contributed by atoms with Crippen molar-refractivity contribution in [1.29, 1.82) is 0 Å². The number of nitrogens with zero attached hydrogens (tertiary/aromatic N) is 2. The van der Waals surface area contributed by atoms with Crippen molar-refractivity contribution in [3.05, 3.63) is 27.9 Å². The molecule has 30 heavy (non-hydrogen) atoms. The average molecular weight is 454 g/mol. The molecule has 0 aliphatic rings. The molecule has 0 saturated carbocycles. The SMILES string of the molecule is CCOC(=O)c1sc(NC(=S)Nc2cnn(CC)c2C(N)=O)c(C(=O)OCC)c1C. The number of amides is 1. The van der Waals surface area contributed by atoms with Crippen LogP contribution < -0.4 is 16.4 Å². The summed E-state index contributed by atoms with van der Waals surface area (Å²) in [6.07, 6.45) is 1.42. The number of primary amides is 1. The van der Waals surface area contributed by atoms with Crippen molar-refractivity contribution in [3.8, 4) is 0 Å². The molecule has 2 heterocycles. The highest BCUT2D eigenvalue weighted by Crippen LogP contribution is 2.34. The fourth-order valence-corrected chi connectivity index (χ4v) is 4.04. The third-order valence-corrected chi connectivity index (χ3v) is 5.33. The first-order chi connectivity index (χ1) is 14.2. The van der Waals surface area contributed by atoms with Crippen LogP contribution >= 0.6 is 23.6 Å². The number of rotatable bonds is 8. The monoisotopic (exact) mass is 453 g/mol. The Balaban J connectivity index is 2.35. The van der Waals surface area contributed by atoms with Gasteiger partial charge in [-0.2, -0.15) is 5.10 Å². The molecule has 0 aliphatic heterocycles. The zero-order chi connectivity index (χ0) is 22.4. The zero-order valence-corrected chi connectivity index (χ0v) is 18.7. The molecule has 162 valence electrons. The number of aromatic nitrogens is 2. The first-order valence-electron chi connectivity index (χ1n) is 9.16. The Morgan fingerprint density at radius 1 is 1.17 bits per heavy atom. The van der Waals surface area contributed by atoms with Crippen LogP contribution in [0.4, 0.5) is 10.7 Å². The summed E-state index contributed by atoms with van der Waals surface area (Å²) in [4.78, 5) is 36.7. The van der Waals surface area contributed by atoms with Gasteiger partial charge < -0.3 is 25.8 Å². The minimum Gasteiger partial charge on any atom is -0.462 e. The van der Waals surface area contributed by atoms with E-state index in [0.717, 1.165) is 11.3 Å². The maximum atomic E-state index is 12.5. The number of nitrogens with two attached hydrogens (primary N) is 1. The summed E-state index contributed by atoms with van der Waals surface area (Å²) in [7, 11) is 0. The Morgan fingerprint density at radius 2 is 1.80 bits per heavy atom. The number of thiophene rings is 1. The number of aryl methyl sites for hydroxylation is 1. The van der Waals surface area contributed by atoms with Gasteiger partial charge in [-0.05, 0) is 45.5 Å². The highest BCUT2D eigenvalue weighted by atomic mass is 32.1. The summed E-state index contributed by atoms with van der Waals surface area (Å²) in [5.74, 6) is -1.80. The Labute approximate surface area is 182 Å². The first-order valence-corrected chi connectivity index (χ1v) is 10.4. The van der Waals surface area contributed by atoms with Crippen LogP contribution in [0.3, 0.4) is 0 Å². The van der Waals surface area contributed by atoms with Crippen molar-refractivity contribution in [3.63, 3.8) is 0 Å². The summed E-state index contributed by atoms with van der Waals surface area (Å²) < 4.78 is 11.6. The quantitative estimate of drug-likeness (QED) is 0.406. The van der Waals surface area contributed by atoms with Crippen LogP contribution in [0.15, 0.2) is 6.20 Å². The van der Waals surface area contributed by atoms with E-state index >= 15 is 0 Å². The van der Waals surface area contributed by atoms with Crippen molar-refractivity contribution in [2.75, 3.05) is 23.8 Å². The number of thiocarbonyl (C=S) groups is 1. The molecule has 1 amide bonds. The Hall–Kier alpha value is -2.99. The molecule has 0 spiro atoms. The number of hydrogen-bond donors (Lipinski definition) is 3. The largest absolute Gasteiger partial charge is 0.462 e. The lowest BCUT2D eigenvalue weighted by Crippen LogP contribution is -2.24. The summed E-state index contributed by atoms with van der Waals surface area (Å²) in [6, 6.07) is 0. The number of hydrogen-bond acceptors (Lipinski definition) is 8. The summed E-state index contributed by atoms with van der Waals surface area (Å²) in [5.41, 5.74) is 6.54. The lowest BCUT2D eigenvalue weighted by molar-refractivity contribution is 0.0527. The van der Waals surface area contributed by atoms with E-state index in [-0.39, 0.29) is 34.5 Å². The van der Waals surface area contributed by atoms with E-state index in [4.69, 9.17) is 27.4 Å². The molecule has 0 fully saturated rings. The third-order valence-electron chi connectivity index (χ3n) is 3.93. The van der Waals surface area contributed by atoms with E-state index < -0.39 is 17.8 Å². The van der Waals surface area contributed by atoms with E-state index in [2.05, 4.69) is 15.7 Å². The molecular formula is C18H23N5O5S2. The van der Waals surface area contributed by atoms with Crippen molar-refractivity contribution in [2.24, 2.45) is 5.73 Å². The zero-order valence-electron chi connectivity index (χ0n) is 17.0. The van der Waals surface area contributed by atoms with Crippen LogP contribution in [-0.4, -0.2) is 46.0 Å². The van der Waals surface area contributed by atoms with Crippen molar-refractivity contribution >= 4 is 57.2 Å². The van der Waals surface area contributed by atoms with Gasteiger partial charge in [0.15, 0.2) is 5.11 Å². The number of nitrogens with one attached hydrogen (secondary N) is 2. The van der Waals surface area contributed by atoms with Gasteiger partial charge in [0.2, 0.25) is 0 Å².